The lowest BCUT2D eigenvalue weighted by Gasteiger charge is -2.37. The third-order valence-corrected chi connectivity index (χ3v) is 3.70. The average Bonchev–Trinajstić information content (AvgIpc) is 2.42. The van der Waals surface area contributed by atoms with Gasteiger partial charge in [0.1, 0.15) is 0 Å². The number of hydrogen-bond donors (Lipinski definition) is 1. The molecule has 1 aliphatic carbocycles. The van der Waals surface area contributed by atoms with Gasteiger partial charge in [-0.05, 0) is 30.6 Å². The quantitative estimate of drug-likeness (QED) is 0.598. The molecule has 2 aliphatic rings. The smallest absolute Gasteiger partial charge is 0.157 e. The van der Waals surface area contributed by atoms with E-state index in [1.807, 2.05) is 0 Å². The number of aliphatic hydroxyl groups is 1. The van der Waals surface area contributed by atoms with E-state index in [2.05, 4.69) is 13.8 Å². The van der Waals surface area contributed by atoms with Gasteiger partial charge in [0, 0.05) is 5.92 Å². The summed E-state index contributed by atoms with van der Waals surface area (Å²) >= 11 is 0. The Bertz CT molecular complexity index is 169. The molecule has 5 atom stereocenters. The summed E-state index contributed by atoms with van der Waals surface area (Å²) in [5.41, 5.74) is 0. The normalized spacial score (nSPS) is 53.8. The molecule has 1 heterocycles. The molecule has 1 aliphatic heterocycles. The molecule has 1 unspecified atom stereocenters. The van der Waals surface area contributed by atoms with E-state index >= 15 is 0 Å². The van der Waals surface area contributed by atoms with Gasteiger partial charge in [0.15, 0.2) is 6.29 Å². The first-order chi connectivity index (χ1) is 5.70. The van der Waals surface area contributed by atoms with E-state index in [1.165, 1.54) is 12.8 Å². The first-order valence-corrected chi connectivity index (χ1v) is 5.00. The van der Waals surface area contributed by atoms with Gasteiger partial charge in [-0.2, -0.15) is 0 Å². The van der Waals surface area contributed by atoms with E-state index in [1.54, 1.807) is 0 Å². The second kappa shape index (κ2) is 3.00. The summed E-state index contributed by atoms with van der Waals surface area (Å²) in [6, 6.07) is 0. The second-order valence-corrected chi connectivity index (χ2v) is 4.50. The molecule has 0 spiro atoms. The van der Waals surface area contributed by atoms with Crippen molar-refractivity contribution in [1.29, 1.82) is 0 Å². The maximum Gasteiger partial charge on any atom is 0.157 e. The third kappa shape index (κ3) is 1.17. The highest BCUT2D eigenvalue weighted by Gasteiger charge is 2.44. The van der Waals surface area contributed by atoms with Crippen molar-refractivity contribution in [1.82, 2.24) is 0 Å². The van der Waals surface area contributed by atoms with Crippen LogP contribution in [0.5, 0.6) is 0 Å². The molecular formula is C10H18O2. The van der Waals surface area contributed by atoms with Crippen molar-refractivity contribution < 1.29 is 9.84 Å². The number of rotatable bonds is 0. The number of fused-ring (bicyclic) bond motifs is 1. The molecule has 2 nitrogen and oxygen atoms in total. The number of ether oxygens (including phenoxy) is 1. The van der Waals surface area contributed by atoms with Crippen molar-refractivity contribution in [3.63, 3.8) is 0 Å². The van der Waals surface area contributed by atoms with Crippen LogP contribution in [0.15, 0.2) is 0 Å². The van der Waals surface area contributed by atoms with Crippen LogP contribution >= 0.6 is 0 Å². The van der Waals surface area contributed by atoms with Crippen LogP contribution in [0.25, 0.3) is 0 Å². The van der Waals surface area contributed by atoms with Crippen LogP contribution in [-0.4, -0.2) is 18.0 Å². The Morgan fingerprint density at radius 2 is 1.92 bits per heavy atom. The average molecular weight is 170 g/mol. The first-order valence-electron chi connectivity index (χ1n) is 5.00. The second-order valence-electron chi connectivity index (χ2n) is 4.50. The summed E-state index contributed by atoms with van der Waals surface area (Å²) in [7, 11) is 0. The fourth-order valence-electron chi connectivity index (χ4n) is 2.90. The maximum absolute atomic E-state index is 9.65. The summed E-state index contributed by atoms with van der Waals surface area (Å²) < 4.78 is 5.33. The van der Waals surface area contributed by atoms with Crippen molar-refractivity contribution in [3.05, 3.63) is 0 Å². The van der Waals surface area contributed by atoms with Crippen molar-refractivity contribution >= 4 is 0 Å². The van der Waals surface area contributed by atoms with Gasteiger partial charge in [-0.1, -0.05) is 13.8 Å². The fraction of sp³-hybridized carbons (Fsp3) is 1.00. The van der Waals surface area contributed by atoms with Crippen molar-refractivity contribution in [2.45, 2.75) is 33.0 Å². The molecule has 1 saturated heterocycles. The van der Waals surface area contributed by atoms with Gasteiger partial charge in [-0.25, -0.2) is 0 Å². The van der Waals surface area contributed by atoms with Crippen LogP contribution in [-0.2, 0) is 4.74 Å². The molecule has 70 valence electrons. The van der Waals surface area contributed by atoms with Gasteiger partial charge in [0.25, 0.3) is 0 Å². The minimum absolute atomic E-state index is 0.411. The Labute approximate surface area is 73.9 Å². The molecule has 1 N–H and O–H groups in total. The molecular weight excluding hydrogens is 152 g/mol. The molecule has 0 bridgehead atoms. The zero-order valence-corrected chi connectivity index (χ0v) is 7.86. The van der Waals surface area contributed by atoms with Crippen molar-refractivity contribution in [3.8, 4) is 0 Å². The largest absolute Gasteiger partial charge is 0.368 e. The van der Waals surface area contributed by atoms with Crippen LogP contribution in [0, 0.1) is 23.7 Å². The van der Waals surface area contributed by atoms with Gasteiger partial charge in [-0.3, -0.25) is 0 Å². The van der Waals surface area contributed by atoms with E-state index in [0.717, 1.165) is 6.61 Å². The summed E-state index contributed by atoms with van der Waals surface area (Å²) in [4.78, 5) is 0. The van der Waals surface area contributed by atoms with E-state index in [4.69, 9.17) is 4.74 Å². The van der Waals surface area contributed by atoms with Gasteiger partial charge >= 0.3 is 0 Å². The Balaban J connectivity index is 2.13. The van der Waals surface area contributed by atoms with Gasteiger partial charge in [0.05, 0.1) is 6.61 Å². The van der Waals surface area contributed by atoms with E-state index in [9.17, 15) is 5.11 Å². The SMILES string of the molecule is CC1CO[C@@H](O)[C@@H]2[C@@H]1CC[C@@H]2C. The summed E-state index contributed by atoms with van der Waals surface area (Å²) in [5, 5.41) is 9.65. The molecule has 1 saturated carbocycles. The third-order valence-electron chi connectivity index (χ3n) is 3.70. The van der Waals surface area contributed by atoms with Crippen molar-refractivity contribution in [2.75, 3.05) is 6.61 Å². The summed E-state index contributed by atoms with van der Waals surface area (Å²) in [5.74, 6) is 2.41. The molecule has 0 aromatic rings. The standard InChI is InChI=1S/C10H18O2/c1-6-3-4-8-7(2)5-12-10(11)9(6)8/h6-11H,3-5H2,1-2H3/t6-,7?,8+,9-,10+/m0/s1. The summed E-state index contributed by atoms with van der Waals surface area (Å²) in [6.45, 7) is 5.21. The highest BCUT2D eigenvalue weighted by molar-refractivity contribution is 4.89. The molecule has 0 radical (unpaired) electrons. The molecule has 0 aromatic heterocycles. The number of hydrogen-bond acceptors (Lipinski definition) is 2. The first kappa shape index (κ1) is 8.52. The van der Waals surface area contributed by atoms with Gasteiger partial charge in [-0.15, -0.1) is 0 Å². The fourth-order valence-corrected chi connectivity index (χ4v) is 2.90. The Hall–Kier alpha value is -0.0800. The van der Waals surface area contributed by atoms with Crippen LogP contribution in [0.4, 0.5) is 0 Å². The predicted octanol–water partition coefficient (Wildman–Crippen LogP) is 1.63. The highest BCUT2D eigenvalue weighted by atomic mass is 16.6. The monoisotopic (exact) mass is 170 g/mol. The Morgan fingerprint density at radius 3 is 2.58 bits per heavy atom. The topological polar surface area (TPSA) is 29.5 Å². The lowest BCUT2D eigenvalue weighted by Crippen LogP contribution is -2.40. The molecule has 0 aromatic carbocycles. The molecule has 2 rings (SSSR count). The Morgan fingerprint density at radius 1 is 1.17 bits per heavy atom. The minimum Gasteiger partial charge on any atom is -0.368 e. The van der Waals surface area contributed by atoms with E-state index in [-0.39, 0.29) is 0 Å². The van der Waals surface area contributed by atoms with E-state index < -0.39 is 6.29 Å². The molecule has 2 fully saturated rings. The van der Waals surface area contributed by atoms with Crippen LogP contribution in [0.1, 0.15) is 26.7 Å². The molecule has 12 heavy (non-hydrogen) atoms. The zero-order valence-electron chi connectivity index (χ0n) is 7.86. The zero-order chi connectivity index (χ0) is 8.72. The minimum atomic E-state index is -0.483. The molecule has 2 heteroatoms. The lowest BCUT2D eigenvalue weighted by molar-refractivity contribution is -0.195. The summed E-state index contributed by atoms with van der Waals surface area (Å²) in [6.07, 6.45) is 2.07. The van der Waals surface area contributed by atoms with Crippen LogP contribution < -0.4 is 0 Å². The molecule has 0 amide bonds. The van der Waals surface area contributed by atoms with E-state index in [0.29, 0.717) is 23.7 Å². The highest BCUT2D eigenvalue weighted by Crippen LogP contribution is 2.45. The predicted molar refractivity (Wildman–Crippen MR) is 46.5 cm³/mol. The van der Waals surface area contributed by atoms with Crippen LogP contribution in [0.2, 0.25) is 0 Å². The van der Waals surface area contributed by atoms with Crippen LogP contribution in [0.3, 0.4) is 0 Å². The lowest BCUT2D eigenvalue weighted by atomic mass is 9.80. The van der Waals surface area contributed by atoms with Gasteiger partial charge in [0.2, 0.25) is 0 Å². The van der Waals surface area contributed by atoms with Crippen molar-refractivity contribution in [2.24, 2.45) is 23.7 Å². The Kier molecular flexibility index (Phi) is 2.13. The number of aliphatic hydroxyl groups excluding tert-OH is 1. The van der Waals surface area contributed by atoms with Gasteiger partial charge < -0.3 is 9.84 Å². The maximum atomic E-state index is 9.65.